The Morgan fingerprint density at radius 3 is 2.35 bits per heavy atom. The molecule has 0 fully saturated rings. The molecule has 0 radical (unpaired) electrons. The quantitative estimate of drug-likeness (QED) is 0.420. The van der Waals surface area contributed by atoms with Gasteiger partial charge in [-0.15, -0.1) is 0 Å². The molecule has 96 valence electrons. The first-order valence-electron chi connectivity index (χ1n) is 5.09. The number of hydrogen-bond donors (Lipinski definition) is 0. The first kappa shape index (κ1) is 14.1. The van der Waals surface area contributed by atoms with E-state index in [-0.39, 0.29) is 24.9 Å². The molecular formula is C11H16O5S. The summed E-state index contributed by atoms with van der Waals surface area (Å²) in [6.07, 6.45) is 0. The molecule has 0 amide bonds. The molecule has 0 saturated heterocycles. The second-order valence-corrected chi connectivity index (χ2v) is 5.02. The summed E-state index contributed by atoms with van der Waals surface area (Å²) in [4.78, 5) is 0.148. The van der Waals surface area contributed by atoms with Gasteiger partial charge in [0.15, 0.2) is 0 Å². The van der Waals surface area contributed by atoms with Gasteiger partial charge in [0, 0.05) is 7.11 Å². The molecule has 0 aliphatic heterocycles. The maximum absolute atomic E-state index is 11.7. The highest BCUT2D eigenvalue weighted by atomic mass is 32.2. The van der Waals surface area contributed by atoms with Gasteiger partial charge in [-0.25, -0.2) is 0 Å². The Balaban J connectivity index is 2.48. The topological polar surface area (TPSA) is 61.8 Å². The van der Waals surface area contributed by atoms with Gasteiger partial charge in [-0.2, -0.15) is 8.42 Å². The van der Waals surface area contributed by atoms with Gasteiger partial charge in [0.25, 0.3) is 10.1 Å². The number of ether oxygens (including phenoxy) is 2. The summed E-state index contributed by atoms with van der Waals surface area (Å²) >= 11 is 0. The Labute approximate surface area is 101 Å². The minimum atomic E-state index is -3.69. The summed E-state index contributed by atoms with van der Waals surface area (Å²) in [6, 6.07) is 6.47. The molecule has 17 heavy (non-hydrogen) atoms. The molecular weight excluding hydrogens is 244 g/mol. The van der Waals surface area contributed by atoms with Crippen LogP contribution in [0.15, 0.2) is 29.2 Å². The zero-order valence-corrected chi connectivity index (χ0v) is 10.7. The van der Waals surface area contributed by atoms with Crippen LogP contribution in [0.2, 0.25) is 0 Å². The number of rotatable bonds is 7. The predicted octanol–water partition coefficient (Wildman–Crippen LogP) is 1.32. The van der Waals surface area contributed by atoms with Gasteiger partial charge in [-0.3, -0.25) is 4.18 Å². The third-order valence-corrected chi connectivity index (χ3v) is 3.30. The lowest BCUT2D eigenvalue weighted by Crippen LogP contribution is -2.12. The molecule has 1 aromatic rings. The van der Waals surface area contributed by atoms with Crippen molar-refractivity contribution in [2.24, 2.45) is 0 Å². The number of aryl methyl sites for hydroxylation is 1. The average molecular weight is 260 g/mol. The maximum Gasteiger partial charge on any atom is 0.297 e. The maximum atomic E-state index is 11.7. The molecule has 0 spiro atoms. The molecule has 0 atom stereocenters. The van der Waals surface area contributed by atoms with Crippen molar-refractivity contribution in [3.05, 3.63) is 29.8 Å². The fraction of sp³-hybridized carbons (Fsp3) is 0.455. The Bertz CT molecular complexity index is 424. The van der Waals surface area contributed by atoms with Crippen LogP contribution in [0, 0.1) is 6.92 Å². The molecule has 0 heterocycles. The molecule has 6 heteroatoms. The first-order chi connectivity index (χ1) is 8.06. The average Bonchev–Trinajstić information content (AvgIpc) is 2.29. The van der Waals surface area contributed by atoms with E-state index in [2.05, 4.69) is 4.74 Å². The molecule has 1 rings (SSSR count). The second kappa shape index (κ2) is 6.70. The van der Waals surface area contributed by atoms with E-state index in [0.717, 1.165) is 5.56 Å². The Morgan fingerprint density at radius 1 is 1.12 bits per heavy atom. The van der Waals surface area contributed by atoms with Crippen molar-refractivity contribution >= 4 is 10.1 Å². The van der Waals surface area contributed by atoms with Crippen LogP contribution in [0.25, 0.3) is 0 Å². The zero-order valence-electron chi connectivity index (χ0n) is 9.88. The van der Waals surface area contributed by atoms with E-state index in [1.54, 1.807) is 12.1 Å². The van der Waals surface area contributed by atoms with Gasteiger partial charge >= 0.3 is 0 Å². The van der Waals surface area contributed by atoms with Crippen LogP contribution in [0.3, 0.4) is 0 Å². The first-order valence-corrected chi connectivity index (χ1v) is 6.50. The van der Waals surface area contributed by atoms with Crippen LogP contribution in [0.4, 0.5) is 0 Å². The van der Waals surface area contributed by atoms with Crippen LogP contribution in [0.5, 0.6) is 0 Å². The largest absolute Gasteiger partial charge is 0.359 e. The van der Waals surface area contributed by atoms with E-state index >= 15 is 0 Å². The van der Waals surface area contributed by atoms with E-state index < -0.39 is 10.1 Å². The SMILES string of the molecule is COCOCCOS(=O)(=O)c1ccc(C)cc1. The molecule has 0 saturated carbocycles. The van der Waals surface area contributed by atoms with Crippen molar-refractivity contribution in [1.82, 2.24) is 0 Å². The highest BCUT2D eigenvalue weighted by molar-refractivity contribution is 7.86. The van der Waals surface area contributed by atoms with Gasteiger partial charge in [0.1, 0.15) is 6.79 Å². The minimum absolute atomic E-state index is 0.0282. The van der Waals surface area contributed by atoms with E-state index in [0.29, 0.717) is 0 Å². The molecule has 0 N–H and O–H groups in total. The molecule has 0 aliphatic rings. The van der Waals surface area contributed by atoms with Crippen molar-refractivity contribution in [2.75, 3.05) is 27.1 Å². The minimum Gasteiger partial charge on any atom is -0.359 e. The van der Waals surface area contributed by atoms with Gasteiger partial charge in [0.2, 0.25) is 0 Å². The van der Waals surface area contributed by atoms with Gasteiger partial charge < -0.3 is 9.47 Å². The smallest absolute Gasteiger partial charge is 0.297 e. The van der Waals surface area contributed by atoms with Crippen LogP contribution >= 0.6 is 0 Å². The normalized spacial score (nSPS) is 11.6. The Morgan fingerprint density at radius 2 is 1.76 bits per heavy atom. The van der Waals surface area contributed by atoms with Crippen molar-refractivity contribution in [2.45, 2.75) is 11.8 Å². The molecule has 0 aliphatic carbocycles. The lowest BCUT2D eigenvalue weighted by molar-refractivity contribution is -0.0383. The van der Waals surface area contributed by atoms with Crippen molar-refractivity contribution < 1.29 is 22.1 Å². The summed E-state index contributed by atoms with van der Waals surface area (Å²) in [6.45, 7) is 2.14. The van der Waals surface area contributed by atoms with E-state index in [9.17, 15) is 8.42 Å². The van der Waals surface area contributed by atoms with E-state index in [4.69, 9.17) is 8.92 Å². The van der Waals surface area contributed by atoms with Gasteiger partial charge in [-0.1, -0.05) is 17.7 Å². The van der Waals surface area contributed by atoms with Crippen LogP contribution in [-0.2, 0) is 23.8 Å². The van der Waals surface area contributed by atoms with Crippen LogP contribution in [-0.4, -0.2) is 35.5 Å². The predicted molar refractivity (Wildman–Crippen MR) is 62.1 cm³/mol. The Hall–Kier alpha value is -0.950. The molecule has 5 nitrogen and oxygen atoms in total. The standard InChI is InChI=1S/C11H16O5S/c1-10-3-5-11(6-4-10)17(12,13)16-8-7-15-9-14-2/h3-6H,7-9H2,1-2H3. The molecule has 0 aromatic heterocycles. The zero-order chi connectivity index (χ0) is 12.7. The Kier molecular flexibility index (Phi) is 5.57. The summed E-state index contributed by atoms with van der Waals surface area (Å²) in [5.41, 5.74) is 0.993. The van der Waals surface area contributed by atoms with Crippen molar-refractivity contribution in [3.63, 3.8) is 0 Å². The third kappa shape index (κ3) is 4.82. The third-order valence-electron chi connectivity index (χ3n) is 1.98. The summed E-state index contributed by atoms with van der Waals surface area (Å²) in [7, 11) is -2.20. The molecule has 1 aromatic carbocycles. The second-order valence-electron chi connectivity index (χ2n) is 3.40. The highest BCUT2D eigenvalue weighted by Gasteiger charge is 2.14. The number of hydrogen-bond acceptors (Lipinski definition) is 5. The summed E-state index contributed by atoms with van der Waals surface area (Å²) < 4.78 is 37.7. The lowest BCUT2D eigenvalue weighted by atomic mass is 10.2. The molecule has 0 unspecified atom stereocenters. The number of benzene rings is 1. The molecule has 0 bridgehead atoms. The lowest BCUT2D eigenvalue weighted by Gasteiger charge is -2.06. The van der Waals surface area contributed by atoms with Crippen LogP contribution < -0.4 is 0 Å². The fourth-order valence-corrected chi connectivity index (χ4v) is 2.01. The van der Waals surface area contributed by atoms with E-state index in [1.807, 2.05) is 6.92 Å². The van der Waals surface area contributed by atoms with Gasteiger partial charge in [0.05, 0.1) is 18.1 Å². The van der Waals surface area contributed by atoms with Crippen LogP contribution in [0.1, 0.15) is 5.56 Å². The summed E-state index contributed by atoms with van der Waals surface area (Å²) in [5, 5.41) is 0. The van der Waals surface area contributed by atoms with E-state index in [1.165, 1.54) is 19.2 Å². The van der Waals surface area contributed by atoms with Crippen molar-refractivity contribution in [1.29, 1.82) is 0 Å². The monoisotopic (exact) mass is 260 g/mol. The number of methoxy groups -OCH3 is 1. The fourth-order valence-electron chi connectivity index (χ4n) is 1.12. The van der Waals surface area contributed by atoms with Gasteiger partial charge in [-0.05, 0) is 19.1 Å². The van der Waals surface area contributed by atoms with Crippen molar-refractivity contribution in [3.8, 4) is 0 Å². The summed E-state index contributed by atoms with van der Waals surface area (Å²) in [5.74, 6) is 0. The highest BCUT2D eigenvalue weighted by Crippen LogP contribution is 2.12.